The molecule has 1 aliphatic carbocycles. The van der Waals surface area contributed by atoms with E-state index in [1.54, 1.807) is 19.2 Å². The third kappa shape index (κ3) is 6.22. The van der Waals surface area contributed by atoms with Crippen molar-refractivity contribution >= 4 is 27.6 Å². The average molecular weight is 421 g/mol. The lowest BCUT2D eigenvalue weighted by molar-refractivity contribution is 0.581. The quantitative estimate of drug-likeness (QED) is 0.453. The van der Waals surface area contributed by atoms with Crippen LogP contribution in [0, 0.1) is 0 Å². The summed E-state index contributed by atoms with van der Waals surface area (Å²) < 4.78 is 27.1. The van der Waals surface area contributed by atoms with Gasteiger partial charge in [0.1, 0.15) is 0 Å². The molecule has 2 aromatic carbocycles. The van der Waals surface area contributed by atoms with Crippen molar-refractivity contribution in [2.75, 3.05) is 13.6 Å². The van der Waals surface area contributed by atoms with E-state index in [2.05, 4.69) is 20.3 Å². The molecule has 1 aliphatic rings. The van der Waals surface area contributed by atoms with Gasteiger partial charge in [0, 0.05) is 31.2 Å². The highest BCUT2D eigenvalue weighted by atomic mass is 35.5. The van der Waals surface area contributed by atoms with Crippen molar-refractivity contribution < 1.29 is 8.42 Å². The molecule has 28 heavy (non-hydrogen) atoms. The Morgan fingerprint density at radius 2 is 1.86 bits per heavy atom. The second-order valence-electron chi connectivity index (χ2n) is 6.77. The molecule has 2 aromatic rings. The van der Waals surface area contributed by atoms with Crippen LogP contribution in [0.2, 0.25) is 5.02 Å². The molecule has 0 bridgehead atoms. The fourth-order valence-corrected chi connectivity index (χ4v) is 4.22. The number of nitrogens with one attached hydrogen (secondary N) is 3. The molecule has 0 spiro atoms. The first kappa shape index (κ1) is 20.6. The number of guanidine groups is 1. The van der Waals surface area contributed by atoms with Crippen molar-refractivity contribution in [1.29, 1.82) is 0 Å². The second-order valence-corrected chi connectivity index (χ2v) is 8.92. The first-order valence-electron chi connectivity index (χ1n) is 9.26. The molecule has 8 heteroatoms. The number of hydrogen-bond acceptors (Lipinski definition) is 3. The number of nitrogens with zero attached hydrogens (tertiary/aromatic N) is 1. The standard InChI is InChI=1S/C20H25ClN4O2S/c1-22-20(23-12-11-15-3-2-4-17(21)13-15)24-14-16-5-9-19(10-6-16)28(26,27)25-18-7-8-18/h2-6,9-10,13,18,25H,7-8,11-12,14H2,1H3,(H2,22,23,24). The third-order valence-electron chi connectivity index (χ3n) is 4.41. The molecular formula is C20H25ClN4O2S. The van der Waals surface area contributed by atoms with Crippen LogP contribution in [0.1, 0.15) is 24.0 Å². The molecule has 0 aromatic heterocycles. The van der Waals surface area contributed by atoms with Gasteiger partial charge < -0.3 is 10.6 Å². The summed E-state index contributed by atoms with van der Waals surface area (Å²) in [6.07, 6.45) is 2.68. The van der Waals surface area contributed by atoms with Crippen molar-refractivity contribution in [2.45, 2.75) is 36.7 Å². The monoisotopic (exact) mass is 420 g/mol. The predicted molar refractivity (Wildman–Crippen MR) is 113 cm³/mol. The summed E-state index contributed by atoms with van der Waals surface area (Å²) in [6.45, 7) is 1.28. The maximum absolute atomic E-state index is 12.2. The Morgan fingerprint density at radius 3 is 2.50 bits per heavy atom. The molecule has 1 fully saturated rings. The van der Waals surface area contributed by atoms with Gasteiger partial charge in [-0.2, -0.15) is 0 Å². The van der Waals surface area contributed by atoms with Gasteiger partial charge in [0.05, 0.1) is 4.90 Å². The molecular weight excluding hydrogens is 396 g/mol. The first-order chi connectivity index (χ1) is 13.5. The lowest BCUT2D eigenvalue weighted by Crippen LogP contribution is -2.37. The number of aliphatic imine (C=N–C) groups is 1. The van der Waals surface area contributed by atoms with Crippen LogP contribution >= 0.6 is 11.6 Å². The van der Waals surface area contributed by atoms with E-state index in [-0.39, 0.29) is 6.04 Å². The Balaban J connectivity index is 1.46. The van der Waals surface area contributed by atoms with E-state index in [9.17, 15) is 8.42 Å². The average Bonchev–Trinajstić information content (AvgIpc) is 3.48. The van der Waals surface area contributed by atoms with E-state index in [0.29, 0.717) is 17.4 Å². The molecule has 1 saturated carbocycles. The Hall–Kier alpha value is -2.09. The zero-order valence-corrected chi connectivity index (χ0v) is 17.4. The van der Waals surface area contributed by atoms with Crippen molar-refractivity contribution in [3.8, 4) is 0 Å². The Kier molecular flexibility index (Phi) is 6.93. The van der Waals surface area contributed by atoms with Crippen molar-refractivity contribution in [3.63, 3.8) is 0 Å². The van der Waals surface area contributed by atoms with E-state index in [1.165, 1.54) is 0 Å². The molecule has 0 unspecified atom stereocenters. The lowest BCUT2D eigenvalue weighted by atomic mass is 10.1. The number of rotatable bonds is 8. The molecule has 0 radical (unpaired) electrons. The van der Waals surface area contributed by atoms with Gasteiger partial charge in [-0.05, 0) is 54.7 Å². The summed E-state index contributed by atoms with van der Waals surface area (Å²) in [5.41, 5.74) is 2.13. The molecule has 0 amide bonds. The maximum Gasteiger partial charge on any atom is 0.240 e. The van der Waals surface area contributed by atoms with Crippen LogP contribution in [0.3, 0.4) is 0 Å². The molecule has 3 rings (SSSR count). The normalized spacial score (nSPS) is 14.7. The summed E-state index contributed by atoms with van der Waals surface area (Å²) in [7, 11) is -1.69. The van der Waals surface area contributed by atoms with E-state index < -0.39 is 10.0 Å². The number of benzene rings is 2. The van der Waals surface area contributed by atoms with E-state index >= 15 is 0 Å². The fourth-order valence-electron chi connectivity index (χ4n) is 2.70. The van der Waals surface area contributed by atoms with Crippen LogP contribution in [0.4, 0.5) is 0 Å². The van der Waals surface area contributed by atoms with Gasteiger partial charge in [0.25, 0.3) is 0 Å². The van der Waals surface area contributed by atoms with E-state index in [1.807, 2.05) is 36.4 Å². The van der Waals surface area contributed by atoms with Crippen LogP contribution in [-0.4, -0.2) is 34.0 Å². The number of sulfonamides is 1. The minimum absolute atomic E-state index is 0.104. The molecule has 150 valence electrons. The van der Waals surface area contributed by atoms with Crippen LogP contribution in [0.5, 0.6) is 0 Å². The first-order valence-corrected chi connectivity index (χ1v) is 11.1. The van der Waals surface area contributed by atoms with Gasteiger partial charge >= 0.3 is 0 Å². The van der Waals surface area contributed by atoms with Gasteiger partial charge in [-0.3, -0.25) is 4.99 Å². The minimum Gasteiger partial charge on any atom is -0.356 e. The summed E-state index contributed by atoms with van der Waals surface area (Å²) in [4.78, 5) is 4.51. The van der Waals surface area contributed by atoms with E-state index in [0.717, 1.165) is 42.0 Å². The van der Waals surface area contributed by atoms with Crippen LogP contribution < -0.4 is 15.4 Å². The zero-order chi connectivity index (χ0) is 20.0. The summed E-state index contributed by atoms with van der Waals surface area (Å²) >= 11 is 6.00. The Morgan fingerprint density at radius 1 is 1.11 bits per heavy atom. The summed E-state index contributed by atoms with van der Waals surface area (Å²) in [5.74, 6) is 0.689. The van der Waals surface area contributed by atoms with Crippen molar-refractivity contribution in [2.24, 2.45) is 4.99 Å². The Labute approximate surface area is 171 Å². The van der Waals surface area contributed by atoms with Gasteiger partial charge in [0.2, 0.25) is 10.0 Å². The lowest BCUT2D eigenvalue weighted by Gasteiger charge is -2.12. The molecule has 0 heterocycles. The molecule has 0 atom stereocenters. The maximum atomic E-state index is 12.2. The van der Waals surface area contributed by atoms with Crippen molar-refractivity contribution in [1.82, 2.24) is 15.4 Å². The van der Waals surface area contributed by atoms with E-state index in [4.69, 9.17) is 11.6 Å². The molecule has 6 nitrogen and oxygen atoms in total. The number of hydrogen-bond donors (Lipinski definition) is 3. The Bertz CT molecular complexity index is 925. The molecule has 0 saturated heterocycles. The topological polar surface area (TPSA) is 82.6 Å². The highest BCUT2D eigenvalue weighted by Crippen LogP contribution is 2.22. The van der Waals surface area contributed by atoms with Gasteiger partial charge in [-0.1, -0.05) is 35.9 Å². The minimum atomic E-state index is -3.41. The molecule has 3 N–H and O–H groups in total. The summed E-state index contributed by atoms with van der Waals surface area (Å²) in [6, 6.07) is 14.8. The third-order valence-corrected chi connectivity index (χ3v) is 6.18. The highest BCUT2D eigenvalue weighted by Gasteiger charge is 2.27. The van der Waals surface area contributed by atoms with Gasteiger partial charge in [-0.15, -0.1) is 0 Å². The van der Waals surface area contributed by atoms with Crippen LogP contribution in [0.15, 0.2) is 58.4 Å². The molecule has 0 aliphatic heterocycles. The fraction of sp³-hybridized carbons (Fsp3) is 0.350. The van der Waals surface area contributed by atoms with Crippen LogP contribution in [-0.2, 0) is 23.0 Å². The highest BCUT2D eigenvalue weighted by molar-refractivity contribution is 7.89. The van der Waals surface area contributed by atoms with Crippen molar-refractivity contribution in [3.05, 3.63) is 64.7 Å². The largest absolute Gasteiger partial charge is 0.356 e. The van der Waals surface area contributed by atoms with Gasteiger partial charge in [0.15, 0.2) is 5.96 Å². The number of halogens is 1. The van der Waals surface area contributed by atoms with Crippen LogP contribution in [0.25, 0.3) is 0 Å². The smallest absolute Gasteiger partial charge is 0.240 e. The zero-order valence-electron chi connectivity index (χ0n) is 15.8. The second kappa shape index (κ2) is 9.41. The summed E-state index contributed by atoms with van der Waals surface area (Å²) in [5, 5.41) is 7.23. The predicted octanol–water partition coefficient (Wildman–Crippen LogP) is 2.69. The SMILES string of the molecule is CN=C(NCCc1cccc(Cl)c1)NCc1ccc(S(=O)(=O)NC2CC2)cc1. The van der Waals surface area contributed by atoms with Gasteiger partial charge in [-0.25, -0.2) is 13.1 Å².